The van der Waals surface area contributed by atoms with Crippen LogP contribution >= 0.6 is 0 Å². The lowest BCUT2D eigenvalue weighted by Crippen LogP contribution is -2.21. The first-order valence-corrected chi connectivity index (χ1v) is 11.5. The number of anilines is 1. The van der Waals surface area contributed by atoms with Crippen LogP contribution in [0.4, 0.5) is 5.95 Å². The molecule has 3 rings (SSSR count). The van der Waals surface area contributed by atoms with E-state index in [4.69, 9.17) is 0 Å². The number of rotatable bonds is 6. The van der Waals surface area contributed by atoms with Crippen molar-refractivity contribution in [3.05, 3.63) is 76.1 Å². The van der Waals surface area contributed by atoms with E-state index in [0.717, 1.165) is 5.56 Å². The number of nitrogens with one attached hydrogen (secondary N) is 1. The molecule has 180 valence electrons. The third-order valence-corrected chi connectivity index (χ3v) is 5.82. The number of ketones is 1. The topological polar surface area (TPSA) is 115 Å². The lowest BCUT2D eigenvalue weighted by atomic mass is 9.78. The van der Waals surface area contributed by atoms with E-state index in [2.05, 4.69) is 16.4 Å². The Morgan fingerprint density at radius 1 is 1.00 bits per heavy atom. The molecule has 35 heavy (non-hydrogen) atoms. The van der Waals surface area contributed by atoms with Crippen molar-refractivity contribution >= 4 is 11.7 Å². The van der Waals surface area contributed by atoms with E-state index in [1.807, 2.05) is 77.9 Å². The lowest BCUT2D eigenvalue weighted by Gasteiger charge is -2.28. The summed E-state index contributed by atoms with van der Waals surface area (Å²) in [7, 11) is 0. The van der Waals surface area contributed by atoms with Crippen LogP contribution in [0.15, 0.2) is 42.5 Å². The van der Waals surface area contributed by atoms with Gasteiger partial charge >= 0.3 is 0 Å². The van der Waals surface area contributed by atoms with Crippen molar-refractivity contribution in [1.29, 1.82) is 10.5 Å². The van der Waals surface area contributed by atoms with Gasteiger partial charge in [-0.25, -0.2) is 4.98 Å². The van der Waals surface area contributed by atoms with E-state index in [9.17, 15) is 20.4 Å². The fraction of sp³-hybridized carbons (Fsp3) is 0.357. The molecule has 0 radical (unpaired) electrons. The van der Waals surface area contributed by atoms with Crippen LogP contribution in [-0.4, -0.2) is 27.0 Å². The van der Waals surface area contributed by atoms with Crippen molar-refractivity contribution in [3.63, 3.8) is 0 Å². The van der Waals surface area contributed by atoms with Gasteiger partial charge in [0.1, 0.15) is 17.9 Å². The molecule has 0 spiro atoms. The third-order valence-electron chi connectivity index (χ3n) is 5.82. The monoisotopic (exact) mass is 469 g/mol. The van der Waals surface area contributed by atoms with Gasteiger partial charge in [0, 0.05) is 16.7 Å². The summed E-state index contributed by atoms with van der Waals surface area (Å²) in [5, 5.41) is 33.1. The van der Waals surface area contributed by atoms with Crippen LogP contribution in [0.2, 0.25) is 0 Å². The molecule has 0 saturated heterocycles. The van der Waals surface area contributed by atoms with Crippen LogP contribution in [-0.2, 0) is 17.4 Å². The second-order valence-corrected chi connectivity index (χ2v) is 10.6. The van der Waals surface area contributed by atoms with Crippen LogP contribution in [0.1, 0.15) is 80.0 Å². The van der Waals surface area contributed by atoms with Gasteiger partial charge in [0.25, 0.3) is 0 Å². The van der Waals surface area contributed by atoms with Gasteiger partial charge in [0.2, 0.25) is 5.95 Å². The first-order chi connectivity index (χ1) is 16.4. The predicted molar refractivity (Wildman–Crippen MR) is 136 cm³/mol. The Hall–Kier alpha value is -4.10. The lowest BCUT2D eigenvalue weighted by molar-refractivity contribution is 0.101. The molecule has 0 unspecified atom stereocenters. The molecule has 0 aliphatic carbocycles. The van der Waals surface area contributed by atoms with Crippen molar-refractivity contribution in [1.82, 2.24) is 9.55 Å². The number of phenols is 1. The third kappa shape index (κ3) is 5.53. The van der Waals surface area contributed by atoms with Crippen LogP contribution in [0.25, 0.3) is 0 Å². The van der Waals surface area contributed by atoms with Crippen LogP contribution in [0, 0.1) is 22.7 Å². The molecule has 7 heteroatoms. The zero-order valence-corrected chi connectivity index (χ0v) is 21.1. The smallest absolute Gasteiger partial charge is 0.205 e. The van der Waals surface area contributed by atoms with Gasteiger partial charge < -0.3 is 10.4 Å². The molecule has 0 atom stereocenters. The average Bonchev–Trinajstić information content (AvgIpc) is 3.13. The fourth-order valence-electron chi connectivity index (χ4n) is 3.90. The Morgan fingerprint density at radius 2 is 1.57 bits per heavy atom. The van der Waals surface area contributed by atoms with Gasteiger partial charge in [-0.1, -0.05) is 71.9 Å². The van der Waals surface area contributed by atoms with Gasteiger partial charge in [-0.3, -0.25) is 9.36 Å². The standard InChI is InChI=1S/C28H31N5O2/c1-27(2,3)20-12-19(13-21(25(20)35)28(4,5)6)24(34)16-31-26-32-22(14-29)23(15-30)33(26)17-18-10-8-7-9-11-18/h7-13,35H,16-17H2,1-6H3,(H,31,32). The molecule has 2 aromatic carbocycles. The number of nitriles is 2. The van der Waals surface area contributed by atoms with Crippen molar-refractivity contribution in [2.24, 2.45) is 0 Å². The second-order valence-electron chi connectivity index (χ2n) is 10.6. The summed E-state index contributed by atoms with van der Waals surface area (Å²) in [6.07, 6.45) is 0. The highest BCUT2D eigenvalue weighted by molar-refractivity contribution is 5.99. The molecular weight excluding hydrogens is 438 g/mol. The normalized spacial score (nSPS) is 11.5. The van der Waals surface area contributed by atoms with Gasteiger partial charge in [0.05, 0.1) is 13.1 Å². The zero-order chi connectivity index (χ0) is 26.0. The summed E-state index contributed by atoms with van der Waals surface area (Å²) >= 11 is 0. The number of imidazole rings is 1. The molecular formula is C28H31N5O2. The number of aromatic nitrogens is 2. The van der Waals surface area contributed by atoms with Crippen LogP contribution in [0.3, 0.4) is 0 Å². The number of nitrogens with zero attached hydrogens (tertiary/aromatic N) is 4. The minimum absolute atomic E-state index is 0.00745. The van der Waals surface area contributed by atoms with E-state index < -0.39 is 0 Å². The molecule has 3 aromatic rings. The minimum atomic E-state index is -0.358. The number of phenolic OH excluding ortho intramolecular Hbond substituents is 1. The highest BCUT2D eigenvalue weighted by atomic mass is 16.3. The highest BCUT2D eigenvalue weighted by Crippen LogP contribution is 2.39. The van der Waals surface area contributed by atoms with Crippen molar-refractivity contribution in [2.75, 3.05) is 11.9 Å². The van der Waals surface area contributed by atoms with E-state index in [1.165, 1.54) is 0 Å². The summed E-state index contributed by atoms with van der Waals surface area (Å²) in [5.74, 6) is 0.304. The fourth-order valence-corrected chi connectivity index (χ4v) is 3.90. The molecule has 2 N–H and O–H groups in total. The molecule has 0 aliphatic heterocycles. The van der Waals surface area contributed by atoms with E-state index in [0.29, 0.717) is 23.2 Å². The van der Waals surface area contributed by atoms with Gasteiger partial charge in [-0.15, -0.1) is 0 Å². The van der Waals surface area contributed by atoms with Gasteiger partial charge in [-0.2, -0.15) is 10.5 Å². The number of Topliss-reactive ketones (excluding diaryl/α,β-unsaturated/α-hetero) is 1. The Bertz CT molecular complexity index is 1290. The molecule has 0 saturated carbocycles. The minimum Gasteiger partial charge on any atom is -0.507 e. The maximum absolute atomic E-state index is 13.3. The predicted octanol–water partition coefficient (Wildman–Crippen LogP) is 5.27. The highest BCUT2D eigenvalue weighted by Gasteiger charge is 2.28. The van der Waals surface area contributed by atoms with Gasteiger partial charge in [0.15, 0.2) is 17.2 Å². The van der Waals surface area contributed by atoms with Crippen LogP contribution in [0.5, 0.6) is 5.75 Å². The number of hydrogen-bond donors (Lipinski definition) is 2. The molecule has 0 fully saturated rings. The molecule has 1 aromatic heterocycles. The number of aromatic hydroxyl groups is 1. The Labute approximate surface area is 206 Å². The number of carbonyl (C=O) groups excluding carboxylic acids is 1. The summed E-state index contributed by atoms with van der Waals surface area (Å²) in [4.78, 5) is 17.5. The number of benzene rings is 2. The first-order valence-electron chi connectivity index (χ1n) is 11.5. The Balaban J connectivity index is 1.96. The summed E-state index contributed by atoms with van der Waals surface area (Å²) in [6.45, 7) is 12.2. The number of carbonyl (C=O) groups is 1. The maximum atomic E-state index is 13.3. The zero-order valence-electron chi connectivity index (χ0n) is 21.1. The van der Waals surface area contributed by atoms with E-state index >= 15 is 0 Å². The average molecular weight is 470 g/mol. The SMILES string of the molecule is CC(C)(C)c1cc(C(=O)CNc2nc(C#N)c(C#N)n2Cc2ccccc2)cc(C(C)(C)C)c1O. The summed E-state index contributed by atoms with van der Waals surface area (Å²) < 4.78 is 1.61. The molecule has 0 aliphatic rings. The summed E-state index contributed by atoms with van der Waals surface area (Å²) in [5.41, 5.74) is 2.26. The van der Waals surface area contributed by atoms with Crippen LogP contribution < -0.4 is 5.32 Å². The largest absolute Gasteiger partial charge is 0.507 e. The first kappa shape index (κ1) is 25.5. The Morgan fingerprint density at radius 3 is 2.06 bits per heavy atom. The van der Waals surface area contributed by atoms with Crippen molar-refractivity contribution < 1.29 is 9.90 Å². The van der Waals surface area contributed by atoms with E-state index in [-0.39, 0.29) is 46.2 Å². The van der Waals surface area contributed by atoms with Crippen molar-refractivity contribution in [3.8, 4) is 17.9 Å². The second kappa shape index (κ2) is 9.64. The quantitative estimate of drug-likeness (QED) is 0.475. The molecule has 1 heterocycles. The Kier molecular flexibility index (Phi) is 7.03. The number of hydrogen-bond acceptors (Lipinski definition) is 6. The van der Waals surface area contributed by atoms with E-state index in [1.54, 1.807) is 16.7 Å². The maximum Gasteiger partial charge on any atom is 0.205 e. The molecule has 0 bridgehead atoms. The molecule has 7 nitrogen and oxygen atoms in total. The van der Waals surface area contributed by atoms with Crippen molar-refractivity contribution in [2.45, 2.75) is 58.9 Å². The summed E-state index contributed by atoms with van der Waals surface area (Å²) in [6, 6.07) is 17.0. The molecule has 0 amide bonds. The van der Waals surface area contributed by atoms with Gasteiger partial charge in [-0.05, 0) is 28.5 Å².